The first kappa shape index (κ1) is 19.8. The highest BCUT2D eigenvalue weighted by atomic mass is 19.1. The van der Waals surface area contributed by atoms with Crippen LogP contribution in [-0.4, -0.2) is 45.8 Å². The van der Waals surface area contributed by atoms with E-state index >= 15 is 0 Å². The Morgan fingerprint density at radius 3 is 2.71 bits per heavy atom. The van der Waals surface area contributed by atoms with Crippen molar-refractivity contribution in [2.24, 2.45) is 7.05 Å². The van der Waals surface area contributed by atoms with Gasteiger partial charge in [0, 0.05) is 19.8 Å². The van der Waals surface area contributed by atoms with Crippen molar-refractivity contribution in [2.75, 3.05) is 20.2 Å². The second-order valence-corrected chi connectivity index (χ2v) is 7.16. The second-order valence-electron chi connectivity index (χ2n) is 7.16. The SMILES string of the molecule is Cc1nn(C)c2nc(C(C)C)cc(C(=O)N(C)CCOc3ccccc3F)c12. The normalized spacial score (nSPS) is 11.2. The summed E-state index contributed by atoms with van der Waals surface area (Å²) in [5.74, 6) is -0.192. The van der Waals surface area contributed by atoms with Crippen LogP contribution < -0.4 is 4.74 Å². The molecule has 1 aromatic carbocycles. The maximum atomic E-state index is 13.7. The van der Waals surface area contributed by atoms with E-state index in [1.807, 2.05) is 33.9 Å². The number of fused-ring (bicyclic) bond motifs is 1. The molecule has 0 aliphatic carbocycles. The van der Waals surface area contributed by atoms with Crippen molar-refractivity contribution < 1.29 is 13.9 Å². The van der Waals surface area contributed by atoms with E-state index in [4.69, 9.17) is 4.74 Å². The number of benzene rings is 1. The number of hydrogen-bond donors (Lipinski definition) is 0. The molecule has 2 heterocycles. The molecule has 7 heteroatoms. The summed E-state index contributed by atoms with van der Waals surface area (Å²) in [7, 11) is 3.53. The monoisotopic (exact) mass is 384 g/mol. The highest BCUT2D eigenvalue weighted by molar-refractivity contribution is 6.06. The number of nitrogens with zero attached hydrogens (tertiary/aromatic N) is 4. The first-order valence-electron chi connectivity index (χ1n) is 9.26. The van der Waals surface area contributed by atoms with Gasteiger partial charge in [-0.05, 0) is 31.0 Å². The average Bonchev–Trinajstić information content (AvgIpc) is 2.96. The Bertz CT molecular complexity index is 1010. The summed E-state index contributed by atoms with van der Waals surface area (Å²) in [5, 5.41) is 5.18. The summed E-state index contributed by atoms with van der Waals surface area (Å²) in [4.78, 5) is 19.4. The molecule has 3 rings (SSSR count). The van der Waals surface area contributed by atoms with E-state index in [9.17, 15) is 9.18 Å². The minimum Gasteiger partial charge on any atom is -0.489 e. The van der Waals surface area contributed by atoms with Gasteiger partial charge in [-0.15, -0.1) is 0 Å². The van der Waals surface area contributed by atoms with Crippen LogP contribution in [0.1, 0.15) is 41.5 Å². The number of halogens is 1. The van der Waals surface area contributed by atoms with Crippen LogP contribution in [0.15, 0.2) is 30.3 Å². The fraction of sp³-hybridized carbons (Fsp3) is 0.381. The van der Waals surface area contributed by atoms with Crippen molar-refractivity contribution >= 4 is 16.9 Å². The number of aromatic nitrogens is 3. The molecule has 0 aliphatic rings. The zero-order valence-electron chi connectivity index (χ0n) is 16.9. The van der Waals surface area contributed by atoms with Crippen molar-refractivity contribution in [3.63, 3.8) is 0 Å². The Hall–Kier alpha value is -2.96. The predicted octanol–water partition coefficient (Wildman–Crippen LogP) is 3.69. The highest BCUT2D eigenvalue weighted by Gasteiger charge is 2.22. The summed E-state index contributed by atoms with van der Waals surface area (Å²) >= 11 is 0. The molecule has 0 atom stereocenters. The fourth-order valence-corrected chi connectivity index (χ4v) is 3.09. The van der Waals surface area contributed by atoms with Gasteiger partial charge in [-0.1, -0.05) is 26.0 Å². The Morgan fingerprint density at radius 1 is 1.32 bits per heavy atom. The van der Waals surface area contributed by atoms with E-state index in [-0.39, 0.29) is 24.2 Å². The number of aryl methyl sites for hydroxylation is 2. The van der Waals surface area contributed by atoms with Crippen LogP contribution in [0.25, 0.3) is 11.0 Å². The van der Waals surface area contributed by atoms with Crippen molar-refractivity contribution in [2.45, 2.75) is 26.7 Å². The lowest BCUT2D eigenvalue weighted by atomic mass is 10.0. The van der Waals surface area contributed by atoms with Gasteiger partial charge in [0.2, 0.25) is 0 Å². The number of likely N-dealkylation sites (N-methyl/N-ethyl adjacent to an activating group) is 1. The lowest BCUT2D eigenvalue weighted by molar-refractivity contribution is 0.0774. The third kappa shape index (κ3) is 3.83. The molecule has 28 heavy (non-hydrogen) atoms. The summed E-state index contributed by atoms with van der Waals surface area (Å²) in [6.07, 6.45) is 0. The number of carbonyl (C=O) groups is 1. The lowest BCUT2D eigenvalue weighted by Crippen LogP contribution is -2.31. The van der Waals surface area contributed by atoms with E-state index in [1.165, 1.54) is 6.07 Å². The van der Waals surface area contributed by atoms with Gasteiger partial charge in [-0.3, -0.25) is 9.48 Å². The van der Waals surface area contributed by atoms with Gasteiger partial charge in [0.1, 0.15) is 6.61 Å². The lowest BCUT2D eigenvalue weighted by Gasteiger charge is -2.19. The van der Waals surface area contributed by atoms with Crippen LogP contribution in [0.3, 0.4) is 0 Å². The molecule has 6 nitrogen and oxygen atoms in total. The van der Waals surface area contributed by atoms with Crippen LogP contribution >= 0.6 is 0 Å². The minimum atomic E-state index is -0.417. The number of rotatable bonds is 6. The van der Waals surface area contributed by atoms with Crippen molar-refractivity contribution in [3.8, 4) is 5.75 Å². The maximum absolute atomic E-state index is 13.7. The molecule has 3 aromatic rings. The maximum Gasteiger partial charge on any atom is 0.254 e. The Kier molecular flexibility index (Phi) is 5.63. The standard InChI is InChI=1S/C21H25FN4O2/c1-13(2)17-12-15(19-14(3)24-26(5)20(19)23-17)21(27)25(4)10-11-28-18-9-7-6-8-16(18)22/h6-9,12-13H,10-11H2,1-5H3. The van der Waals surface area contributed by atoms with Crippen molar-refractivity contribution in [3.05, 3.63) is 53.1 Å². The minimum absolute atomic E-state index is 0.137. The summed E-state index contributed by atoms with van der Waals surface area (Å²) in [5.41, 5.74) is 2.88. The van der Waals surface area contributed by atoms with Gasteiger partial charge in [0.25, 0.3) is 5.91 Å². The Labute approximate surface area is 163 Å². The van der Waals surface area contributed by atoms with Gasteiger partial charge in [-0.25, -0.2) is 9.37 Å². The Morgan fingerprint density at radius 2 is 2.04 bits per heavy atom. The first-order chi connectivity index (χ1) is 13.3. The smallest absolute Gasteiger partial charge is 0.254 e. The van der Waals surface area contributed by atoms with Crippen LogP contribution in [0.4, 0.5) is 4.39 Å². The van der Waals surface area contributed by atoms with Gasteiger partial charge < -0.3 is 9.64 Å². The fourth-order valence-electron chi connectivity index (χ4n) is 3.09. The Balaban J connectivity index is 1.83. The van der Waals surface area contributed by atoms with Crippen LogP contribution in [-0.2, 0) is 7.05 Å². The summed E-state index contributed by atoms with van der Waals surface area (Å²) < 4.78 is 20.8. The second kappa shape index (κ2) is 7.96. The molecular formula is C21H25FN4O2. The average molecular weight is 384 g/mol. The highest BCUT2D eigenvalue weighted by Crippen LogP contribution is 2.25. The molecule has 0 radical (unpaired) electrons. The van der Waals surface area contributed by atoms with Crippen molar-refractivity contribution in [1.29, 1.82) is 0 Å². The van der Waals surface area contributed by atoms with Crippen LogP contribution in [0.2, 0.25) is 0 Å². The molecule has 0 saturated carbocycles. The third-order valence-electron chi connectivity index (χ3n) is 4.68. The first-order valence-corrected chi connectivity index (χ1v) is 9.26. The number of para-hydroxylation sites is 1. The molecule has 0 saturated heterocycles. The van der Waals surface area contributed by atoms with E-state index in [1.54, 1.807) is 34.8 Å². The molecule has 0 N–H and O–H groups in total. The number of carbonyl (C=O) groups excluding carboxylic acids is 1. The summed E-state index contributed by atoms with van der Waals surface area (Å²) in [6, 6.07) is 8.07. The number of pyridine rings is 1. The molecule has 2 aromatic heterocycles. The topological polar surface area (TPSA) is 60.2 Å². The molecule has 1 amide bonds. The van der Waals surface area contributed by atoms with E-state index < -0.39 is 5.82 Å². The molecular weight excluding hydrogens is 359 g/mol. The van der Waals surface area contributed by atoms with Crippen LogP contribution in [0.5, 0.6) is 5.75 Å². The van der Waals surface area contributed by atoms with E-state index in [2.05, 4.69) is 10.1 Å². The number of hydrogen-bond acceptors (Lipinski definition) is 4. The van der Waals surface area contributed by atoms with E-state index in [0.717, 1.165) is 16.8 Å². The molecule has 0 unspecified atom stereocenters. The summed E-state index contributed by atoms with van der Waals surface area (Å²) in [6.45, 7) is 6.47. The van der Waals surface area contributed by atoms with Crippen LogP contribution in [0, 0.1) is 12.7 Å². The molecule has 0 fully saturated rings. The zero-order valence-corrected chi connectivity index (χ0v) is 16.9. The van der Waals surface area contributed by atoms with Gasteiger partial charge in [0.15, 0.2) is 17.2 Å². The molecule has 148 valence electrons. The largest absolute Gasteiger partial charge is 0.489 e. The number of amides is 1. The zero-order chi connectivity index (χ0) is 20.4. The van der Waals surface area contributed by atoms with Gasteiger partial charge in [-0.2, -0.15) is 5.10 Å². The van der Waals surface area contributed by atoms with E-state index in [0.29, 0.717) is 17.8 Å². The molecule has 0 spiro atoms. The molecule has 0 aliphatic heterocycles. The van der Waals surface area contributed by atoms with Crippen molar-refractivity contribution in [1.82, 2.24) is 19.7 Å². The number of ether oxygens (including phenoxy) is 1. The molecule has 0 bridgehead atoms. The third-order valence-corrected chi connectivity index (χ3v) is 4.68. The quantitative estimate of drug-likeness (QED) is 0.650. The van der Waals surface area contributed by atoms with Gasteiger partial charge >= 0.3 is 0 Å². The predicted molar refractivity (Wildman–Crippen MR) is 106 cm³/mol. The van der Waals surface area contributed by atoms with Gasteiger partial charge in [0.05, 0.1) is 23.2 Å².